The minimum Gasteiger partial charge on any atom is -0.495 e. The van der Waals surface area contributed by atoms with Gasteiger partial charge in [0.05, 0.1) is 17.4 Å². The number of halogens is 3. The number of hydrogen-bond acceptors (Lipinski definition) is 5. The van der Waals surface area contributed by atoms with Crippen molar-refractivity contribution in [2.45, 2.75) is 17.1 Å². The summed E-state index contributed by atoms with van der Waals surface area (Å²) >= 11 is 20.1. The van der Waals surface area contributed by atoms with Gasteiger partial charge in [0.2, 0.25) is 5.91 Å². The van der Waals surface area contributed by atoms with E-state index >= 15 is 0 Å². The summed E-state index contributed by atoms with van der Waals surface area (Å²) in [5, 5.41) is 8.85. The van der Waals surface area contributed by atoms with Crippen molar-refractivity contribution >= 4 is 81.7 Å². The molecule has 0 spiro atoms. The van der Waals surface area contributed by atoms with E-state index in [1.165, 1.54) is 24.9 Å². The number of ether oxygens (including phenoxy) is 1. The third-order valence-corrected chi connectivity index (χ3v) is 8.06. The minimum atomic E-state index is -0.593. The number of hydrogen-bond donors (Lipinski definition) is 3. The Balaban J connectivity index is 1.50. The molecule has 4 aromatic carbocycles. The van der Waals surface area contributed by atoms with Crippen molar-refractivity contribution in [1.29, 1.82) is 0 Å². The summed E-state index contributed by atoms with van der Waals surface area (Å²) in [5.74, 6) is -0.795. The molecule has 1 atom stereocenters. The zero-order valence-electron chi connectivity index (χ0n) is 23.0. The normalized spacial score (nSPS) is 11.8. The predicted octanol–water partition coefficient (Wildman–Crippen LogP) is 8.18. The average Bonchev–Trinajstić information content (AvgIpc) is 2.99. The lowest BCUT2D eigenvalue weighted by atomic mass is 10.1. The first-order chi connectivity index (χ1) is 20.6. The lowest BCUT2D eigenvalue weighted by Gasteiger charge is -2.15. The molecule has 7 nitrogen and oxygen atoms in total. The lowest BCUT2D eigenvalue weighted by Crippen LogP contribution is -2.30. The number of nitrogens with one attached hydrogen (secondary N) is 3. The first-order valence-electron chi connectivity index (χ1n) is 12.9. The van der Waals surface area contributed by atoms with Gasteiger partial charge in [0.1, 0.15) is 11.4 Å². The molecule has 43 heavy (non-hydrogen) atoms. The van der Waals surface area contributed by atoms with Crippen LogP contribution in [0.4, 0.5) is 11.4 Å². The van der Waals surface area contributed by atoms with Crippen molar-refractivity contribution in [1.82, 2.24) is 5.32 Å². The molecule has 0 saturated heterocycles. The summed E-state index contributed by atoms with van der Waals surface area (Å²) in [6, 6.07) is 25.4. The van der Waals surface area contributed by atoms with E-state index < -0.39 is 17.1 Å². The van der Waals surface area contributed by atoms with Gasteiger partial charge in [0.15, 0.2) is 0 Å². The fourth-order valence-corrected chi connectivity index (χ4v) is 5.52. The molecule has 3 N–H and O–H groups in total. The van der Waals surface area contributed by atoms with Crippen LogP contribution in [-0.4, -0.2) is 30.1 Å². The molecular weight excluding hydrogens is 629 g/mol. The maximum Gasteiger partial charge on any atom is 0.272 e. The smallest absolute Gasteiger partial charge is 0.272 e. The molecule has 0 radical (unpaired) electrons. The molecule has 0 aliphatic carbocycles. The number of anilines is 2. The van der Waals surface area contributed by atoms with Crippen molar-refractivity contribution in [2.24, 2.45) is 0 Å². The highest BCUT2D eigenvalue weighted by Crippen LogP contribution is 2.30. The second-order valence-electron chi connectivity index (χ2n) is 9.09. The average molecular weight is 655 g/mol. The van der Waals surface area contributed by atoms with Crippen LogP contribution >= 0.6 is 46.6 Å². The first kappa shape index (κ1) is 32.0. The fraction of sp³-hybridized carbons (Fsp3) is 0.0938. The number of carbonyl (C=O) groups is 3. The minimum absolute atomic E-state index is 0.0622. The Kier molecular flexibility index (Phi) is 11.1. The fourth-order valence-electron chi connectivity index (χ4n) is 3.83. The van der Waals surface area contributed by atoms with Gasteiger partial charge in [0.25, 0.3) is 11.8 Å². The maximum atomic E-state index is 13.5. The second-order valence-corrected chi connectivity index (χ2v) is 11.7. The highest BCUT2D eigenvalue weighted by molar-refractivity contribution is 8.00. The SMILES string of the molecule is COc1ccc(NC(=O)C(C)Sc2cccc(NC(=O)/C(=C\c3c(Cl)cccc3Cl)NC(=O)c3ccccc3)c2)cc1Cl. The van der Waals surface area contributed by atoms with Gasteiger partial charge >= 0.3 is 0 Å². The summed E-state index contributed by atoms with van der Waals surface area (Å²) in [5.41, 5.74) is 1.68. The number of methoxy groups -OCH3 is 1. The number of thioether (sulfide) groups is 1. The van der Waals surface area contributed by atoms with E-state index in [1.807, 2.05) is 6.07 Å². The molecule has 0 aliphatic heterocycles. The molecule has 0 heterocycles. The van der Waals surface area contributed by atoms with Crippen LogP contribution in [0, 0.1) is 0 Å². The van der Waals surface area contributed by atoms with E-state index in [4.69, 9.17) is 39.5 Å². The van der Waals surface area contributed by atoms with Crippen LogP contribution in [0.1, 0.15) is 22.8 Å². The standard InChI is InChI=1S/C32H26Cl3N3O4S/c1-19(30(39)36-22-14-15-29(42-2)27(35)17-22)43-23-11-6-10-21(16-23)37-32(41)28(18-24-25(33)12-7-13-26(24)34)38-31(40)20-8-4-3-5-9-20/h3-19H,1-2H3,(H,36,39)(H,37,41)(H,38,40)/b28-18+. The number of carbonyl (C=O) groups excluding carboxylic acids is 3. The van der Waals surface area contributed by atoms with Crippen molar-refractivity contribution in [3.63, 3.8) is 0 Å². The molecule has 1 unspecified atom stereocenters. The Labute approximate surface area is 268 Å². The van der Waals surface area contributed by atoms with Crippen molar-refractivity contribution in [3.8, 4) is 5.75 Å². The maximum absolute atomic E-state index is 13.5. The Hall–Kier alpha value is -3.95. The van der Waals surface area contributed by atoms with Crippen LogP contribution < -0.4 is 20.7 Å². The van der Waals surface area contributed by atoms with Gasteiger partial charge in [-0.05, 0) is 73.7 Å². The molecule has 0 bridgehead atoms. The summed E-state index contributed by atoms with van der Waals surface area (Å²) in [7, 11) is 1.51. The zero-order valence-corrected chi connectivity index (χ0v) is 26.1. The third kappa shape index (κ3) is 8.78. The summed E-state index contributed by atoms with van der Waals surface area (Å²) in [6.07, 6.45) is 1.43. The molecule has 0 aliphatic rings. The van der Waals surface area contributed by atoms with E-state index in [2.05, 4.69) is 16.0 Å². The van der Waals surface area contributed by atoms with Crippen LogP contribution in [0.25, 0.3) is 6.08 Å². The van der Waals surface area contributed by atoms with Gasteiger partial charge in [0, 0.05) is 37.4 Å². The Morgan fingerprint density at radius 2 is 1.47 bits per heavy atom. The molecule has 0 aromatic heterocycles. The van der Waals surface area contributed by atoms with Crippen molar-refractivity contribution in [2.75, 3.05) is 17.7 Å². The number of amides is 3. The monoisotopic (exact) mass is 653 g/mol. The quantitative estimate of drug-likeness (QED) is 0.118. The predicted molar refractivity (Wildman–Crippen MR) is 175 cm³/mol. The van der Waals surface area contributed by atoms with Gasteiger partial charge in [-0.15, -0.1) is 11.8 Å². The zero-order chi connectivity index (χ0) is 30.9. The van der Waals surface area contributed by atoms with Crippen LogP contribution in [0.3, 0.4) is 0 Å². The number of benzene rings is 4. The van der Waals surface area contributed by atoms with E-state index in [9.17, 15) is 14.4 Å². The van der Waals surface area contributed by atoms with E-state index in [0.717, 1.165) is 4.90 Å². The van der Waals surface area contributed by atoms with Crippen LogP contribution in [0.5, 0.6) is 5.75 Å². The van der Waals surface area contributed by atoms with Gasteiger partial charge < -0.3 is 20.7 Å². The first-order valence-corrected chi connectivity index (χ1v) is 14.9. The Morgan fingerprint density at radius 3 is 2.14 bits per heavy atom. The summed E-state index contributed by atoms with van der Waals surface area (Å²) in [6.45, 7) is 1.77. The second kappa shape index (κ2) is 15.0. The molecule has 11 heteroatoms. The largest absolute Gasteiger partial charge is 0.495 e. The number of rotatable bonds is 10. The molecule has 0 fully saturated rings. The van der Waals surface area contributed by atoms with E-state index in [-0.39, 0.29) is 11.6 Å². The summed E-state index contributed by atoms with van der Waals surface area (Å²) < 4.78 is 5.15. The van der Waals surface area contributed by atoms with Crippen LogP contribution in [-0.2, 0) is 9.59 Å². The molecule has 220 valence electrons. The Bertz CT molecular complexity index is 1660. The lowest BCUT2D eigenvalue weighted by molar-refractivity contribution is -0.115. The topological polar surface area (TPSA) is 96.5 Å². The van der Waals surface area contributed by atoms with Gasteiger partial charge in [-0.25, -0.2) is 0 Å². The van der Waals surface area contributed by atoms with E-state index in [0.29, 0.717) is 43.3 Å². The van der Waals surface area contributed by atoms with Crippen LogP contribution in [0.2, 0.25) is 15.1 Å². The Morgan fingerprint density at radius 1 is 0.791 bits per heavy atom. The van der Waals surface area contributed by atoms with Gasteiger partial charge in [-0.1, -0.05) is 65.1 Å². The highest BCUT2D eigenvalue weighted by atomic mass is 35.5. The van der Waals surface area contributed by atoms with Gasteiger partial charge in [-0.2, -0.15) is 0 Å². The molecule has 3 amide bonds. The molecular formula is C32H26Cl3N3O4S. The van der Waals surface area contributed by atoms with Gasteiger partial charge in [-0.3, -0.25) is 14.4 Å². The highest BCUT2D eigenvalue weighted by Gasteiger charge is 2.19. The molecule has 4 rings (SSSR count). The van der Waals surface area contributed by atoms with Crippen LogP contribution in [0.15, 0.2) is 102 Å². The molecule has 4 aromatic rings. The van der Waals surface area contributed by atoms with E-state index in [1.54, 1.807) is 91.9 Å². The van der Waals surface area contributed by atoms with Crippen molar-refractivity contribution in [3.05, 3.63) is 123 Å². The molecule has 0 saturated carbocycles. The third-order valence-electron chi connectivity index (χ3n) is 6.01. The van der Waals surface area contributed by atoms with Crippen molar-refractivity contribution < 1.29 is 19.1 Å². The summed E-state index contributed by atoms with van der Waals surface area (Å²) in [4.78, 5) is 40.0.